The molecule has 8 nitrogen and oxygen atoms in total. The molecule has 0 amide bonds. The van der Waals surface area contributed by atoms with E-state index in [-0.39, 0.29) is 17.2 Å². The molecule has 4 heterocycles. The molecule has 0 radical (unpaired) electrons. The highest BCUT2D eigenvalue weighted by Gasteiger charge is 2.33. The van der Waals surface area contributed by atoms with E-state index in [9.17, 15) is 4.39 Å². The van der Waals surface area contributed by atoms with Gasteiger partial charge in [-0.1, -0.05) is 38.6 Å². The first kappa shape index (κ1) is 27.4. The number of nitrogens with zero attached hydrogens (tertiary/aromatic N) is 7. The molecule has 3 unspecified atom stereocenters. The van der Waals surface area contributed by atoms with Gasteiger partial charge < -0.3 is 10.2 Å². The van der Waals surface area contributed by atoms with Gasteiger partial charge >= 0.3 is 0 Å². The average molecular weight is 555 g/mol. The molecule has 4 aromatic rings. The van der Waals surface area contributed by atoms with Crippen molar-refractivity contribution in [1.29, 1.82) is 0 Å². The standard InChI is InChI=1S/C28H36F2N8S/c1-6-20(28(4,5)39)25-26-19(18-7-8-23-24(15-18)37(14-11-29)35-33-23)9-13-38(26)34-27(32-25)31-22-10-12-36(17(2)3)16-21(22)30/h7-9,13,15,20-22,39H,2,6,10-12,14,16H2,1,3-5H3,(H,31,34). The number of fused-ring (bicyclic) bond motifs is 2. The van der Waals surface area contributed by atoms with Crippen molar-refractivity contribution in [3.05, 3.63) is 48.4 Å². The second-order valence-electron chi connectivity index (χ2n) is 10.9. The van der Waals surface area contributed by atoms with E-state index < -0.39 is 18.9 Å². The highest BCUT2D eigenvalue weighted by atomic mass is 32.1. The number of allylic oxidation sites excluding steroid dienone is 1. The molecule has 1 aliphatic rings. The molecule has 1 fully saturated rings. The molecule has 1 saturated heterocycles. The maximum atomic E-state index is 15.1. The van der Waals surface area contributed by atoms with E-state index in [2.05, 4.69) is 43.0 Å². The Bertz CT molecular complexity index is 1490. The molecule has 3 aromatic heterocycles. The SMILES string of the molecule is C=C(C)N1CCC(Nc2nc(C(CC)C(C)(C)S)c3c(-c4ccc5nnn(CCF)c5c4)ccn3n2)C(F)C1. The molecule has 208 valence electrons. The molecule has 5 rings (SSSR count). The van der Waals surface area contributed by atoms with Gasteiger partial charge in [0.2, 0.25) is 5.95 Å². The Kier molecular flexibility index (Phi) is 7.54. The van der Waals surface area contributed by atoms with Gasteiger partial charge in [0, 0.05) is 34.7 Å². The van der Waals surface area contributed by atoms with E-state index >= 15 is 4.39 Å². The third kappa shape index (κ3) is 5.33. The lowest BCUT2D eigenvalue weighted by molar-refractivity contribution is 0.154. The molecule has 3 atom stereocenters. The molecule has 0 saturated carbocycles. The smallest absolute Gasteiger partial charge is 0.241 e. The number of halogens is 2. The van der Waals surface area contributed by atoms with E-state index in [0.29, 0.717) is 24.4 Å². The first-order valence-corrected chi connectivity index (χ1v) is 13.9. The quantitative estimate of drug-likeness (QED) is 0.260. The van der Waals surface area contributed by atoms with Crippen molar-refractivity contribution < 1.29 is 8.78 Å². The first-order chi connectivity index (χ1) is 18.6. The zero-order chi connectivity index (χ0) is 27.9. The molecule has 1 aliphatic heterocycles. The zero-order valence-corrected chi connectivity index (χ0v) is 23.8. The monoisotopic (exact) mass is 554 g/mol. The summed E-state index contributed by atoms with van der Waals surface area (Å²) in [4.78, 5) is 6.98. The number of piperidine rings is 1. The lowest BCUT2D eigenvalue weighted by Crippen LogP contribution is -2.47. The number of benzene rings is 1. The van der Waals surface area contributed by atoms with E-state index in [4.69, 9.17) is 22.7 Å². The van der Waals surface area contributed by atoms with Crippen LogP contribution in [0.15, 0.2) is 42.7 Å². The molecule has 0 bridgehead atoms. The molecule has 39 heavy (non-hydrogen) atoms. The number of hydrogen-bond acceptors (Lipinski definition) is 7. The van der Waals surface area contributed by atoms with Crippen LogP contribution in [0.3, 0.4) is 0 Å². The number of anilines is 1. The lowest BCUT2D eigenvalue weighted by atomic mass is 9.87. The van der Waals surface area contributed by atoms with Crippen LogP contribution in [-0.4, -0.2) is 71.2 Å². The lowest BCUT2D eigenvalue weighted by Gasteiger charge is -2.36. The van der Waals surface area contributed by atoms with Crippen molar-refractivity contribution in [2.45, 2.75) is 70.0 Å². The average Bonchev–Trinajstić information content (AvgIpc) is 3.49. The second-order valence-corrected chi connectivity index (χ2v) is 12.1. The van der Waals surface area contributed by atoms with Gasteiger partial charge in [-0.3, -0.25) is 0 Å². The van der Waals surface area contributed by atoms with Crippen LogP contribution in [0.4, 0.5) is 14.7 Å². The number of alkyl halides is 2. The van der Waals surface area contributed by atoms with E-state index in [1.807, 2.05) is 46.8 Å². The number of nitrogens with one attached hydrogen (secondary N) is 1. The van der Waals surface area contributed by atoms with Crippen LogP contribution < -0.4 is 5.32 Å². The minimum atomic E-state index is -1.07. The van der Waals surface area contributed by atoms with Crippen molar-refractivity contribution in [2.24, 2.45) is 0 Å². The summed E-state index contributed by atoms with van der Waals surface area (Å²) in [6, 6.07) is 7.47. The fourth-order valence-corrected chi connectivity index (χ4v) is 5.88. The van der Waals surface area contributed by atoms with Crippen LogP contribution in [0.2, 0.25) is 0 Å². The maximum Gasteiger partial charge on any atom is 0.241 e. The number of rotatable bonds is 9. The largest absolute Gasteiger partial charge is 0.372 e. The van der Waals surface area contributed by atoms with Gasteiger partial charge in [-0.25, -0.2) is 23.0 Å². The van der Waals surface area contributed by atoms with Crippen LogP contribution in [0.1, 0.15) is 52.1 Å². The number of aryl methyl sites for hydroxylation is 1. The highest BCUT2D eigenvalue weighted by Crippen LogP contribution is 2.40. The van der Waals surface area contributed by atoms with E-state index in [0.717, 1.165) is 46.5 Å². The van der Waals surface area contributed by atoms with Crippen LogP contribution in [0.5, 0.6) is 0 Å². The number of likely N-dealkylation sites (tertiary alicyclic amines) is 1. The van der Waals surface area contributed by atoms with Gasteiger partial charge in [-0.2, -0.15) is 12.6 Å². The second kappa shape index (κ2) is 10.7. The summed E-state index contributed by atoms with van der Waals surface area (Å²) in [7, 11) is 0. The summed E-state index contributed by atoms with van der Waals surface area (Å²) in [6.07, 6.45) is 2.26. The number of hydrogen-bond donors (Lipinski definition) is 2. The Morgan fingerprint density at radius 2 is 2.10 bits per heavy atom. The summed E-state index contributed by atoms with van der Waals surface area (Å²) >= 11 is 4.93. The number of thiol groups is 1. The predicted octanol–water partition coefficient (Wildman–Crippen LogP) is 5.67. The molecule has 0 aliphatic carbocycles. The predicted molar refractivity (Wildman–Crippen MR) is 155 cm³/mol. The minimum Gasteiger partial charge on any atom is -0.372 e. The van der Waals surface area contributed by atoms with Gasteiger partial charge in [-0.05, 0) is 43.5 Å². The maximum absolute atomic E-state index is 15.1. The van der Waals surface area contributed by atoms with Gasteiger partial charge in [0.1, 0.15) is 18.4 Å². The molecular weight excluding hydrogens is 518 g/mol. The zero-order valence-electron chi connectivity index (χ0n) is 22.9. The van der Waals surface area contributed by atoms with Crippen LogP contribution in [0.25, 0.3) is 27.7 Å². The normalized spacial score (nSPS) is 19.1. The van der Waals surface area contributed by atoms with Crippen LogP contribution in [-0.2, 0) is 6.54 Å². The fraction of sp³-hybridized carbons (Fsp3) is 0.500. The van der Waals surface area contributed by atoms with Crippen LogP contribution >= 0.6 is 12.6 Å². The topological polar surface area (TPSA) is 76.2 Å². The molecule has 0 spiro atoms. The van der Waals surface area contributed by atoms with Gasteiger partial charge in [0.15, 0.2) is 0 Å². The Hall–Kier alpha value is -3.21. The Morgan fingerprint density at radius 3 is 2.77 bits per heavy atom. The Balaban J connectivity index is 1.59. The van der Waals surface area contributed by atoms with E-state index in [1.165, 1.54) is 0 Å². The Morgan fingerprint density at radius 1 is 1.31 bits per heavy atom. The number of aromatic nitrogens is 6. The third-order valence-corrected chi connectivity index (χ3v) is 7.96. The minimum absolute atomic E-state index is 0.00515. The van der Waals surface area contributed by atoms with Crippen molar-refractivity contribution in [3.8, 4) is 11.1 Å². The third-order valence-electron chi connectivity index (χ3n) is 7.65. The highest BCUT2D eigenvalue weighted by molar-refractivity contribution is 7.81. The van der Waals surface area contributed by atoms with Gasteiger partial charge in [0.05, 0.1) is 35.9 Å². The van der Waals surface area contributed by atoms with Crippen molar-refractivity contribution in [1.82, 2.24) is 34.5 Å². The van der Waals surface area contributed by atoms with Crippen molar-refractivity contribution >= 4 is 35.1 Å². The summed E-state index contributed by atoms with van der Waals surface area (Å²) < 4.78 is 31.3. The summed E-state index contributed by atoms with van der Waals surface area (Å²) in [5, 5.41) is 16.3. The van der Waals surface area contributed by atoms with E-state index in [1.54, 1.807) is 4.68 Å². The van der Waals surface area contributed by atoms with Crippen LogP contribution in [0, 0.1) is 0 Å². The summed E-state index contributed by atoms with van der Waals surface area (Å²) in [5.41, 5.74) is 5.94. The summed E-state index contributed by atoms with van der Waals surface area (Å²) in [6.45, 7) is 12.8. The summed E-state index contributed by atoms with van der Waals surface area (Å²) in [5.74, 6) is 0.391. The molecular formula is C28H36F2N8S. The fourth-order valence-electron chi connectivity index (χ4n) is 5.57. The molecule has 11 heteroatoms. The Labute approximate surface area is 232 Å². The van der Waals surface area contributed by atoms with Crippen molar-refractivity contribution in [3.63, 3.8) is 0 Å². The van der Waals surface area contributed by atoms with Gasteiger partial charge in [-0.15, -0.1) is 10.2 Å². The molecule has 1 aromatic carbocycles. The van der Waals surface area contributed by atoms with Crippen molar-refractivity contribution in [2.75, 3.05) is 25.1 Å². The van der Waals surface area contributed by atoms with Gasteiger partial charge in [0.25, 0.3) is 0 Å². The molecule has 1 N–H and O–H groups in total. The first-order valence-electron chi connectivity index (χ1n) is 13.4.